The van der Waals surface area contributed by atoms with E-state index in [1.807, 2.05) is 23.6 Å². The van der Waals surface area contributed by atoms with Crippen molar-refractivity contribution in [2.45, 2.75) is 12.5 Å². The van der Waals surface area contributed by atoms with Gasteiger partial charge >= 0.3 is 0 Å². The van der Waals surface area contributed by atoms with Crippen molar-refractivity contribution in [2.75, 3.05) is 32.6 Å². The average Bonchev–Trinajstić information content (AvgIpc) is 3.32. The van der Waals surface area contributed by atoms with E-state index in [0.717, 1.165) is 22.4 Å². The molecule has 1 N–H and O–H groups in total. The highest BCUT2D eigenvalue weighted by Gasteiger charge is 2.32. The van der Waals surface area contributed by atoms with Gasteiger partial charge in [-0.15, -0.1) is 11.3 Å². The Morgan fingerprint density at radius 1 is 1.19 bits per heavy atom. The number of hydrogen-bond acceptors (Lipinski definition) is 7. The summed E-state index contributed by atoms with van der Waals surface area (Å²) in [7, 11) is 3.23. The standard InChI is InChI=1S/C23H23N3O5S/c1-30-19-11-15-8-9-25(14-22(27)24-16-5-3-6-17(12-16)26(28)29)23(21-7-4-10-32-21)18(15)13-20(19)31-2/h3-7,10-13,23H,8-9,14H2,1-2H3,(H,24,27)/t23-/m1/s1. The molecule has 2 aromatic carbocycles. The van der Waals surface area contributed by atoms with Crippen LogP contribution in [0.15, 0.2) is 53.9 Å². The fourth-order valence-electron chi connectivity index (χ4n) is 4.03. The van der Waals surface area contributed by atoms with Gasteiger partial charge in [-0.3, -0.25) is 19.8 Å². The predicted molar refractivity (Wildman–Crippen MR) is 123 cm³/mol. The molecular weight excluding hydrogens is 430 g/mol. The first kappa shape index (κ1) is 21.8. The smallest absolute Gasteiger partial charge is 0.271 e. The third kappa shape index (κ3) is 4.44. The summed E-state index contributed by atoms with van der Waals surface area (Å²) in [6.07, 6.45) is 0.766. The normalized spacial score (nSPS) is 15.6. The summed E-state index contributed by atoms with van der Waals surface area (Å²) >= 11 is 1.64. The number of carbonyl (C=O) groups is 1. The Kier molecular flexibility index (Phi) is 6.38. The van der Waals surface area contributed by atoms with Gasteiger partial charge in [0, 0.05) is 29.2 Å². The van der Waals surface area contributed by atoms with Crippen LogP contribution in [0.4, 0.5) is 11.4 Å². The van der Waals surface area contributed by atoms with Gasteiger partial charge in [0.1, 0.15) is 0 Å². The maximum Gasteiger partial charge on any atom is 0.271 e. The van der Waals surface area contributed by atoms with E-state index in [4.69, 9.17) is 9.47 Å². The van der Waals surface area contributed by atoms with Gasteiger partial charge in [-0.2, -0.15) is 0 Å². The molecule has 1 amide bonds. The Balaban J connectivity index is 1.61. The minimum absolute atomic E-state index is 0.0628. The Labute approximate surface area is 189 Å². The third-order valence-electron chi connectivity index (χ3n) is 5.47. The number of hydrogen-bond donors (Lipinski definition) is 1. The van der Waals surface area contributed by atoms with Crippen molar-refractivity contribution < 1.29 is 19.2 Å². The zero-order valence-electron chi connectivity index (χ0n) is 17.7. The number of fused-ring (bicyclic) bond motifs is 1. The monoisotopic (exact) mass is 453 g/mol. The number of amides is 1. The molecule has 1 aromatic heterocycles. The molecule has 32 heavy (non-hydrogen) atoms. The van der Waals surface area contributed by atoms with Crippen LogP contribution in [-0.4, -0.2) is 43.0 Å². The van der Waals surface area contributed by atoms with Crippen LogP contribution in [0.2, 0.25) is 0 Å². The third-order valence-corrected chi connectivity index (χ3v) is 6.40. The summed E-state index contributed by atoms with van der Waals surface area (Å²) in [5.41, 5.74) is 2.59. The second-order valence-electron chi connectivity index (χ2n) is 7.40. The largest absolute Gasteiger partial charge is 0.493 e. The molecule has 3 aromatic rings. The lowest BCUT2D eigenvalue weighted by Crippen LogP contribution is -2.40. The summed E-state index contributed by atoms with van der Waals surface area (Å²) < 4.78 is 11.0. The van der Waals surface area contributed by atoms with Crippen LogP contribution in [0.1, 0.15) is 22.0 Å². The number of nitrogens with zero attached hydrogens (tertiary/aromatic N) is 2. The Hall–Kier alpha value is -3.43. The summed E-state index contributed by atoms with van der Waals surface area (Å²) in [6, 6.07) is 13.9. The quantitative estimate of drug-likeness (QED) is 0.424. The van der Waals surface area contributed by atoms with E-state index in [1.165, 1.54) is 12.1 Å². The molecule has 1 atom stereocenters. The molecule has 0 bridgehead atoms. The molecule has 0 radical (unpaired) electrons. The number of nitrogens with one attached hydrogen (secondary N) is 1. The van der Waals surface area contributed by atoms with Crippen LogP contribution in [-0.2, 0) is 11.2 Å². The van der Waals surface area contributed by atoms with Gasteiger partial charge < -0.3 is 14.8 Å². The van der Waals surface area contributed by atoms with Gasteiger partial charge in [-0.25, -0.2) is 0 Å². The molecular formula is C23H23N3O5S. The molecule has 8 nitrogen and oxygen atoms in total. The van der Waals surface area contributed by atoms with E-state index in [2.05, 4.69) is 16.3 Å². The Morgan fingerprint density at radius 3 is 2.66 bits per heavy atom. The zero-order chi connectivity index (χ0) is 22.7. The van der Waals surface area contributed by atoms with E-state index in [9.17, 15) is 14.9 Å². The molecule has 166 valence electrons. The molecule has 2 heterocycles. The molecule has 9 heteroatoms. The lowest BCUT2D eigenvalue weighted by Gasteiger charge is -2.37. The molecule has 0 spiro atoms. The van der Waals surface area contributed by atoms with Gasteiger partial charge in [-0.1, -0.05) is 12.1 Å². The molecule has 4 rings (SSSR count). The first-order chi connectivity index (χ1) is 15.5. The van der Waals surface area contributed by atoms with Gasteiger partial charge in [0.2, 0.25) is 5.91 Å². The van der Waals surface area contributed by atoms with E-state index in [1.54, 1.807) is 37.7 Å². The summed E-state index contributed by atoms with van der Waals surface area (Å²) in [6.45, 7) is 0.840. The molecule has 0 unspecified atom stereocenters. The Morgan fingerprint density at radius 2 is 1.97 bits per heavy atom. The van der Waals surface area contributed by atoms with Crippen LogP contribution in [0, 0.1) is 10.1 Å². The van der Waals surface area contributed by atoms with Gasteiger partial charge in [0.05, 0.1) is 31.7 Å². The van der Waals surface area contributed by atoms with Gasteiger partial charge in [0.15, 0.2) is 11.5 Å². The molecule has 1 aliphatic heterocycles. The van der Waals surface area contributed by atoms with Crippen molar-refractivity contribution in [1.82, 2.24) is 4.90 Å². The lowest BCUT2D eigenvalue weighted by atomic mass is 9.91. The SMILES string of the molecule is COc1cc2c(cc1OC)[C@H](c1cccs1)N(CC(=O)Nc1cccc([N+](=O)[O-])c1)CC2. The fourth-order valence-corrected chi connectivity index (χ4v) is 4.91. The lowest BCUT2D eigenvalue weighted by molar-refractivity contribution is -0.384. The molecule has 0 aliphatic carbocycles. The van der Waals surface area contributed by atoms with E-state index in [0.29, 0.717) is 23.7 Å². The number of carbonyl (C=O) groups excluding carboxylic acids is 1. The summed E-state index contributed by atoms with van der Waals surface area (Å²) in [5, 5.41) is 15.8. The number of rotatable bonds is 7. The molecule has 0 saturated heterocycles. The van der Waals surface area contributed by atoms with E-state index < -0.39 is 4.92 Å². The second kappa shape index (κ2) is 9.37. The number of methoxy groups -OCH3 is 2. The molecule has 0 saturated carbocycles. The number of thiophene rings is 1. The van der Waals surface area contributed by atoms with Gasteiger partial charge in [0.25, 0.3) is 5.69 Å². The maximum absolute atomic E-state index is 12.8. The van der Waals surface area contributed by atoms with Crippen molar-refractivity contribution in [1.29, 1.82) is 0 Å². The van der Waals surface area contributed by atoms with Crippen LogP contribution in [0.5, 0.6) is 11.5 Å². The number of ether oxygens (including phenoxy) is 2. The zero-order valence-corrected chi connectivity index (χ0v) is 18.6. The van der Waals surface area contributed by atoms with Crippen LogP contribution in [0.25, 0.3) is 0 Å². The molecule has 1 aliphatic rings. The van der Waals surface area contributed by atoms with Crippen molar-refractivity contribution in [2.24, 2.45) is 0 Å². The first-order valence-electron chi connectivity index (χ1n) is 10.1. The van der Waals surface area contributed by atoms with Crippen LogP contribution < -0.4 is 14.8 Å². The topological polar surface area (TPSA) is 93.9 Å². The van der Waals surface area contributed by atoms with Crippen molar-refractivity contribution >= 4 is 28.6 Å². The summed E-state index contributed by atoms with van der Waals surface area (Å²) in [5.74, 6) is 1.11. The molecule has 0 fully saturated rings. The van der Waals surface area contributed by atoms with E-state index >= 15 is 0 Å². The average molecular weight is 454 g/mol. The van der Waals surface area contributed by atoms with E-state index in [-0.39, 0.29) is 24.2 Å². The highest BCUT2D eigenvalue weighted by Crippen LogP contribution is 2.42. The number of nitro groups is 1. The minimum atomic E-state index is -0.480. The number of anilines is 1. The van der Waals surface area contributed by atoms with Crippen molar-refractivity contribution in [3.05, 3.63) is 80.0 Å². The second-order valence-corrected chi connectivity index (χ2v) is 8.38. The predicted octanol–water partition coefficient (Wildman–Crippen LogP) is 4.26. The first-order valence-corrected chi connectivity index (χ1v) is 10.9. The highest BCUT2D eigenvalue weighted by atomic mass is 32.1. The number of nitro benzene ring substituents is 1. The summed E-state index contributed by atoms with van der Waals surface area (Å²) in [4.78, 5) is 26.6. The fraction of sp³-hybridized carbons (Fsp3) is 0.261. The Bertz CT molecular complexity index is 1130. The minimum Gasteiger partial charge on any atom is -0.493 e. The highest BCUT2D eigenvalue weighted by molar-refractivity contribution is 7.10. The van der Waals surface area contributed by atoms with Crippen molar-refractivity contribution in [3.8, 4) is 11.5 Å². The number of non-ortho nitro benzene ring substituents is 1. The van der Waals surface area contributed by atoms with Crippen LogP contribution in [0.3, 0.4) is 0 Å². The van der Waals surface area contributed by atoms with Crippen molar-refractivity contribution in [3.63, 3.8) is 0 Å². The van der Waals surface area contributed by atoms with Crippen LogP contribution >= 0.6 is 11.3 Å². The van der Waals surface area contributed by atoms with Gasteiger partial charge in [-0.05, 0) is 47.2 Å². The number of benzene rings is 2. The maximum atomic E-state index is 12.8.